The van der Waals surface area contributed by atoms with Gasteiger partial charge in [-0.1, -0.05) is 158 Å². The van der Waals surface area contributed by atoms with Crippen molar-refractivity contribution in [3.8, 4) is 22.3 Å². The number of rotatable bonds is 5. The van der Waals surface area contributed by atoms with Crippen molar-refractivity contribution in [2.24, 2.45) is 0 Å². The number of hydrogen-bond acceptors (Lipinski definition) is 1. The molecule has 2 aliphatic rings. The van der Waals surface area contributed by atoms with Crippen molar-refractivity contribution in [1.29, 1.82) is 0 Å². The summed E-state index contributed by atoms with van der Waals surface area (Å²) in [5, 5.41) is 2.45. The fourth-order valence-corrected chi connectivity index (χ4v) is 9.24. The van der Waals surface area contributed by atoms with Crippen LogP contribution in [0.1, 0.15) is 47.2 Å². The molecule has 8 aromatic rings. The van der Waals surface area contributed by atoms with Crippen LogP contribution in [0, 0.1) is 0 Å². The molecule has 1 nitrogen and oxygen atoms in total. The van der Waals surface area contributed by atoms with E-state index in [4.69, 9.17) is 0 Å². The molecule has 0 spiro atoms. The Bertz CT molecular complexity index is 2610. The molecule has 0 fully saturated rings. The van der Waals surface area contributed by atoms with Crippen LogP contribution in [0.15, 0.2) is 188 Å². The molecular weight excluding hydrogens is 615 g/mol. The molecule has 51 heavy (non-hydrogen) atoms. The van der Waals surface area contributed by atoms with Gasteiger partial charge in [0, 0.05) is 27.6 Å². The lowest BCUT2D eigenvalue weighted by atomic mass is 9.74. The quantitative estimate of drug-likeness (QED) is 0.179. The van der Waals surface area contributed by atoms with Crippen LogP contribution in [0.25, 0.3) is 33.0 Å². The zero-order chi connectivity index (χ0) is 34.2. The largest absolute Gasteiger partial charge is 0.310 e. The molecule has 8 aromatic carbocycles. The third-order valence-electron chi connectivity index (χ3n) is 11.8. The van der Waals surface area contributed by atoms with Crippen molar-refractivity contribution in [3.05, 3.63) is 221 Å². The standard InChI is InChI=1S/C50H37N/c1-49(35-18-5-3-6-19-35)45-26-14-12-24-41(45)43-32-37(29-31-46(43)49)51(48-27-15-17-34-16-9-10-22-39(34)48)38-28-30-42-40-23-11-13-25-44(40)50(2,47(42)33-38)36-20-7-4-8-21-36/h3-33H,1-2H3. The lowest BCUT2D eigenvalue weighted by Gasteiger charge is -2.32. The number of hydrogen-bond donors (Lipinski definition) is 0. The Morgan fingerprint density at radius 3 is 1.55 bits per heavy atom. The van der Waals surface area contributed by atoms with Gasteiger partial charge < -0.3 is 4.90 Å². The number of benzene rings is 8. The molecule has 0 heterocycles. The highest BCUT2D eigenvalue weighted by atomic mass is 15.1. The average Bonchev–Trinajstić information content (AvgIpc) is 3.61. The first kappa shape index (κ1) is 29.7. The van der Waals surface area contributed by atoms with Crippen LogP contribution < -0.4 is 4.90 Å². The van der Waals surface area contributed by atoms with Crippen LogP contribution in [-0.4, -0.2) is 0 Å². The Morgan fingerprint density at radius 1 is 0.353 bits per heavy atom. The van der Waals surface area contributed by atoms with E-state index in [1.54, 1.807) is 0 Å². The summed E-state index contributed by atoms with van der Waals surface area (Å²) in [6.07, 6.45) is 0. The maximum Gasteiger partial charge on any atom is 0.0540 e. The van der Waals surface area contributed by atoms with Crippen LogP contribution in [0.5, 0.6) is 0 Å². The predicted molar refractivity (Wildman–Crippen MR) is 213 cm³/mol. The molecule has 0 saturated carbocycles. The lowest BCUT2D eigenvalue weighted by molar-refractivity contribution is 0.713. The third-order valence-corrected chi connectivity index (χ3v) is 11.8. The minimum Gasteiger partial charge on any atom is -0.310 e. The molecule has 2 aliphatic carbocycles. The fraction of sp³-hybridized carbons (Fsp3) is 0.0800. The first-order valence-electron chi connectivity index (χ1n) is 17.9. The lowest BCUT2D eigenvalue weighted by Crippen LogP contribution is -2.23. The monoisotopic (exact) mass is 651 g/mol. The molecule has 0 amide bonds. The second kappa shape index (κ2) is 11.2. The van der Waals surface area contributed by atoms with Crippen molar-refractivity contribution in [1.82, 2.24) is 0 Å². The molecule has 0 bridgehead atoms. The Hall–Kier alpha value is -6.18. The van der Waals surface area contributed by atoms with E-state index in [0.29, 0.717) is 0 Å². The van der Waals surface area contributed by atoms with Gasteiger partial charge in [-0.2, -0.15) is 0 Å². The summed E-state index contributed by atoms with van der Waals surface area (Å²) in [5.41, 5.74) is 16.2. The van der Waals surface area contributed by atoms with E-state index in [-0.39, 0.29) is 10.8 Å². The summed E-state index contributed by atoms with van der Waals surface area (Å²) < 4.78 is 0. The maximum absolute atomic E-state index is 2.48. The summed E-state index contributed by atoms with van der Waals surface area (Å²) >= 11 is 0. The van der Waals surface area contributed by atoms with E-state index >= 15 is 0 Å². The van der Waals surface area contributed by atoms with Gasteiger partial charge in [-0.15, -0.1) is 0 Å². The molecule has 1 heteroatoms. The molecule has 0 radical (unpaired) electrons. The number of fused-ring (bicyclic) bond motifs is 7. The first-order valence-corrected chi connectivity index (χ1v) is 17.9. The molecule has 242 valence electrons. The SMILES string of the molecule is CC1(c2ccccc2)c2ccccc2-c2cc(N(c3ccc4c(c3)C(C)(c3ccccc3)c3ccccc3-4)c3cccc4ccccc34)ccc21. The second-order valence-corrected chi connectivity index (χ2v) is 14.4. The van der Waals surface area contributed by atoms with E-state index < -0.39 is 0 Å². The van der Waals surface area contributed by atoms with Gasteiger partial charge in [0.15, 0.2) is 0 Å². The molecule has 0 N–H and O–H groups in total. The minimum atomic E-state index is -0.290. The minimum absolute atomic E-state index is 0.243. The van der Waals surface area contributed by atoms with E-state index in [1.807, 2.05) is 0 Å². The molecule has 10 rings (SSSR count). The fourth-order valence-electron chi connectivity index (χ4n) is 9.24. The van der Waals surface area contributed by atoms with Crippen LogP contribution in [0.3, 0.4) is 0 Å². The molecule has 0 saturated heterocycles. The van der Waals surface area contributed by atoms with Gasteiger partial charge in [0.1, 0.15) is 0 Å². The highest BCUT2D eigenvalue weighted by Crippen LogP contribution is 2.56. The highest BCUT2D eigenvalue weighted by molar-refractivity contribution is 6.00. The topological polar surface area (TPSA) is 3.24 Å². The summed E-state index contributed by atoms with van der Waals surface area (Å²) in [6.45, 7) is 4.79. The van der Waals surface area contributed by atoms with E-state index in [0.717, 1.165) is 11.4 Å². The average molecular weight is 652 g/mol. The summed E-state index contributed by atoms with van der Waals surface area (Å²) in [5.74, 6) is 0. The van der Waals surface area contributed by atoms with Gasteiger partial charge in [0.2, 0.25) is 0 Å². The smallest absolute Gasteiger partial charge is 0.0540 e. The Labute approximate surface area is 300 Å². The normalized spacial score (nSPS) is 18.2. The molecule has 2 unspecified atom stereocenters. The zero-order valence-electron chi connectivity index (χ0n) is 28.8. The molecule has 0 aromatic heterocycles. The number of anilines is 3. The Morgan fingerprint density at radius 2 is 0.843 bits per heavy atom. The molecule has 0 aliphatic heterocycles. The van der Waals surface area contributed by atoms with Crippen LogP contribution in [0.2, 0.25) is 0 Å². The van der Waals surface area contributed by atoms with Crippen molar-refractivity contribution >= 4 is 27.8 Å². The zero-order valence-corrected chi connectivity index (χ0v) is 28.8. The van der Waals surface area contributed by atoms with Gasteiger partial charge in [-0.25, -0.2) is 0 Å². The van der Waals surface area contributed by atoms with Gasteiger partial charge in [0.05, 0.1) is 5.69 Å². The van der Waals surface area contributed by atoms with Crippen molar-refractivity contribution in [2.45, 2.75) is 24.7 Å². The summed E-state index contributed by atoms with van der Waals surface area (Å²) in [4.78, 5) is 2.48. The maximum atomic E-state index is 2.48. The first-order chi connectivity index (χ1) is 25.1. The predicted octanol–water partition coefficient (Wildman–Crippen LogP) is 13.0. The Kier molecular flexibility index (Phi) is 6.51. The van der Waals surface area contributed by atoms with Crippen LogP contribution in [-0.2, 0) is 10.8 Å². The van der Waals surface area contributed by atoms with Gasteiger partial charge in [-0.05, 0) is 105 Å². The molecular formula is C50H37N. The molecule has 2 atom stereocenters. The van der Waals surface area contributed by atoms with E-state index in [2.05, 4.69) is 207 Å². The van der Waals surface area contributed by atoms with Gasteiger partial charge in [0.25, 0.3) is 0 Å². The van der Waals surface area contributed by atoms with Crippen molar-refractivity contribution < 1.29 is 0 Å². The second-order valence-electron chi connectivity index (χ2n) is 14.4. The highest BCUT2D eigenvalue weighted by Gasteiger charge is 2.42. The number of nitrogens with zero attached hydrogens (tertiary/aromatic N) is 1. The summed E-state index contributed by atoms with van der Waals surface area (Å²) in [7, 11) is 0. The summed E-state index contributed by atoms with van der Waals surface area (Å²) in [6, 6.07) is 69.6. The Balaban J connectivity index is 1.22. The van der Waals surface area contributed by atoms with E-state index in [9.17, 15) is 0 Å². The van der Waals surface area contributed by atoms with Crippen LogP contribution >= 0.6 is 0 Å². The van der Waals surface area contributed by atoms with Crippen LogP contribution in [0.4, 0.5) is 17.1 Å². The van der Waals surface area contributed by atoms with E-state index in [1.165, 1.54) is 72.1 Å². The third kappa shape index (κ3) is 4.22. The van der Waals surface area contributed by atoms with Gasteiger partial charge in [-0.3, -0.25) is 0 Å². The van der Waals surface area contributed by atoms with Crippen molar-refractivity contribution in [3.63, 3.8) is 0 Å². The van der Waals surface area contributed by atoms with Crippen molar-refractivity contribution in [2.75, 3.05) is 4.90 Å². The van der Waals surface area contributed by atoms with Gasteiger partial charge >= 0.3 is 0 Å².